The van der Waals surface area contributed by atoms with Crippen LogP contribution in [0.3, 0.4) is 0 Å². The number of aromatic nitrogens is 1. The number of amides is 2. The van der Waals surface area contributed by atoms with Gasteiger partial charge in [-0.2, -0.15) is 5.26 Å². The zero-order valence-electron chi connectivity index (χ0n) is 18.7. The largest absolute Gasteiger partial charge is 0.478 e. The Balaban J connectivity index is 1.59. The first kappa shape index (κ1) is 24.3. The molecule has 9 heteroatoms. The SMILES string of the molecule is N#C/C(=C/c1cn(CC(=O)Nc2ccc(Cl)cc2)c2ccccc12)C(=O)Nc1cccc(C(=O)O)c1. The van der Waals surface area contributed by atoms with E-state index < -0.39 is 11.9 Å². The van der Waals surface area contributed by atoms with E-state index in [4.69, 9.17) is 16.7 Å². The lowest BCUT2D eigenvalue weighted by atomic mass is 10.1. The van der Waals surface area contributed by atoms with Crippen LogP contribution in [0.4, 0.5) is 11.4 Å². The first-order chi connectivity index (χ1) is 17.3. The van der Waals surface area contributed by atoms with Crippen molar-refractivity contribution in [2.24, 2.45) is 0 Å². The van der Waals surface area contributed by atoms with Crippen molar-refractivity contribution in [3.05, 3.63) is 101 Å². The second kappa shape index (κ2) is 10.6. The topological polar surface area (TPSA) is 124 Å². The van der Waals surface area contributed by atoms with Crippen molar-refractivity contribution in [3.8, 4) is 6.07 Å². The Morgan fingerprint density at radius 1 is 0.972 bits per heavy atom. The molecule has 3 N–H and O–H groups in total. The highest BCUT2D eigenvalue weighted by Crippen LogP contribution is 2.24. The molecule has 1 aromatic heterocycles. The molecule has 0 aliphatic rings. The Kier molecular flexibility index (Phi) is 7.14. The van der Waals surface area contributed by atoms with Crippen LogP contribution in [0.15, 0.2) is 84.6 Å². The Labute approximate surface area is 211 Å². The fourth-order valence-corrected chi connectivity index (χ4v) is 3.77. The van der Waals surface area contributed by atoms with E-state index in [9.17, 15) is 19.6 Å². The van der Waals surface area contributed by atoms with Gasteiger partial charge in [0.1, 0.15) is 18.2 Å². The summed E-state index contributed by atoms with van der Waals surface area (Å²) in [5.41, 5.74) is 2.02. The molecule has 0 aliphatic carbocycles. The molecular formula is C27H19ClN4O4. The Morgan fingerprint density at radius 3 is 2.44 bits per heavy atom. The summed E-state index contributed by atoms with van der Waals surface area (Å²) in [6.45, 7) is 0.00699. The minimum atomic E-state index is -1.13. The quantitative estimate of drug-likeness (QED) is 0.239. The van der Waals surface area contributed by atoms with Gasteiger partial charge in [0.05, 0.1) is 5.56 Å². The number of nitrogens with zero attached hydrogens (tertiary/aromatic N) is 2. The number of carbonyl (C=O) groups is 3. The number of carboxylic acids is 1. The molecule has 2 amide bonds. The van der Waals surface area contributed by atoms with E-state index in [0.717, 1.165) is 10.9 Å². The van der Waals surface area contributed by atoms with E-state index >= 15 is 0 Å². The summed E-state index contributed by atoms with van der Waals surface area (Å²) in [6, 6.07) is 21.7. The Hall–Kier alpha value is -4.87. The van der Waals surface area contributed by atoms with E-state index in [2.05, 4.69) is 10.6 Å². The van der Waals surface area contributed by atoms with Crippen molar-refractivity contribution in [2.45, 2.75) is 6.54 Å². The molecule has 0 saturated heterocycles. The van der Waals surface area contributed by atoms with E-state index in [0.29, 0.717) is 16.3 Å². The van der Waals surface area contributed by atoms with Gasteiger partial charge in [-0.25, -0.2) is 4.79 Å². The van der Waals surface area contributed by atoms with Gasteiger partial charge in [0.15, 0.2) is 0 Å². The van der Waals surface area contributed by atoms with Crippen LogP contribution in [0.1, 0.15) is 15.9 Å². The average molecular weight is 499 g/mol. The normalized spacial score (nSPS) is 11.1. The molecule has 0 atom stereocenters. The Morgan fingerprint density at radius 2 is 1.72 bits per heavy atom. The van der Waals surface area contributed by atoms with E-state index in [-0.39, 0.29) is 29.3 Å². The molecule has 3 aromatic carbocycles. The van der Waals surface area contributed by atoms with Crippen LogP contribution in [0, 0.1) is 11.3 Å². The molecule has 0 radical (unpaired) electrons. The number of anilines is 2. The number of nitrogens with one attached hydrogen (secondary N) is 2. The lowest BCUT2D eigenvalue weighted by Crippen LogP contribution is -2.18. The summed E-state index contributed by atoms with van der Waals surface area (Å²) < 4.78 is 1.73. The number of hydrogen-bond donors (Lipinski definition) is 3. The minimum absolute atomic E-state index is 0.00699. The number of fused-ring (bicyclic) bond motifs is 1. The molecule has 1 heterocycles. The smallest absolute Gasteiger partial charge is 0.335 e. The van der Waals surface area contributed by atoms with Crippen molar-refractivity contribution < 1.29 is 19.5 Å². The van der Waals surface area contributed by atoms with Crippen LogP contribution in [-0.2, 0) is 16.1 Å². The molecule has 0 fully saturated rings. The summed E-state index contributed by atoms with van der Waals surface area (Å²) in [7, 11) is 0. The number of rotatable bonds is 7. The molecule has 178 valence electrons. The number of halogens is 1. The van der Waals surface area contributed by atoms with E-state index in [1.807, 2.05) is 30.3 Å². The summed E-state index contributed by atoms with van der Waals surface area (Å²) in [6.07, 6.45) is 3.13. The van der Waals surface area contributed by atoms with Crippen molar-refractivity contribution >= 4 is 57.7 Å². The van der Waals surface area contributed by atoms with Crippen LogP contribution in [0.25, 0.3) is 17.0 Å². The molecule has 36 heavy (non-hydrogen) atoms. The molecule has 0 bridgehead atoms. The number of carboxylic acid groups (broad SMARTS) is 1. The highest BCUT2D eigenvalue weighted by molar-refractivity contribution is 6.30. The van der Waals surface area contributed by atoms with E-state index in [1.165, 1.54) is 30.3 Å². The fraction of sp³-hybridized carbons (Fsp3) is 0.0370. The fourth-order valence-electron chi connectivity index (χ4n) is 3.64. The molecule has 0 spiro atoms. The van der Waals surface area contributed by atoms with Gasteiger partial charge in [0.2, 0.25) is 5.91 Å². The third-order valence-corrected chi connectivity index (χ3v) is 5.55. The molecule has 0 unspecified atom stereocenters. The van der Waals surface area contributed by atoms with Crippen LogP contribution >= 0.6 is 11.6 Å². The van der Waals surface area contributed by atoms with Gasteiger partial charge in [0.25, 0.3) is 5.91 Å². The number of nitriles is 1. The zero-order chi connectivity index (χ0) is 25.7. The summed E-state index contributed by atoms with van der Waals surface area (Å²) in [4.78, 5) is 36.6. The first-order valence-electron chi connectivity index (χ1n) is 10.7. The van der Waals surface area contributed by atoms with Crippen molar-refractivity contribution in [1.29, 1.82) is 5.26 Å². The van der Waals surface area contributed by atoms with Gasteiger partial charge in [-0.15, -0.1) is 0 Å². The molecule has 0 saturated carbocycles. The maximum Gasteiger partial charge on any atom is 0.335 e. The number of para-hydroxylation sites is 1. The molecule has 4 aromatic rings. The van der Waals surface area contributed by atoms with E-state index in [1.54, 1.807) is 35.0 Å². The lowest BCUT2D eigenvalue weighted by Gasteiger charge is -2.07. The van der Waals surface area contributed by atoms with Gasteiger partial charge in [-0.1, -0.05) is 35.9 Å². The minimum Gasteiger partial charge on any atom is -0.478 e. The van der Waals surface area contributed by atoms with Gasteiger partial charge < -0.3 is 20.3 Å². The first-order valence-corrected chi connectivity index (χ1v) is 11.1. The number of carbonyl (C=O) groups excluding carboxylic acids is 2. The van der Waals surface area contributed by atoms with Crippen molar-refractivity contribution in [2.75, 3.05) is 10.6 Å². The highest BCUT2D eigenvalue weighted by Gasteiger charge is 2.15. The van der Waals surface area contributed by atoms with Crippen LogP contribution in [-0.4, -0.2) is 27.5 Å². The number of aromatic carboxylic acids is 1. The molecule has 4 rings (SSSR count). The summed E-state index contributed by atoms with van der Waals surface area (Å²) >= 11 is 5.89. The highest BCUT2D eigenvalue weighted by atomic mass is 35.5. The standard InChI is InChI=1S/C27H19ClN4O4/c28-20-8-10-21(11-9-20)30-25(33)16-32-15-19(23-6-1-2-7-24(23)32)12-18(14-29)26(34)31-22-5-3-4-17(13-22)27(35)36/h1-13,15H,16H2,(H,30,33)(H,31,34)(H,35,36)/b18-12-. The molecule has 8 nitrogen and oxygen atoms in total. The molecule has 0 aliphatic heterocycles. The predicted octanol–water partition coefficient (Wildman–Crippen LogP) is 5.18. The monoisotopic (exact) mass is 498 g/mol. The average Bonchev–Trinajstić information content (AvgIpc) is 3.21. The summed E-state index contributed by atoms with van der Waals surface area (Å²) in [5.74, 6) is -2.07. The second-order valence-electron chi connectivity index (χ2n) is 7.79. The third-order valence-electron chi connectivity index (χ3n) is 5.29. The van der Waals surface area contributed by atoms with Crippen LogP contribution < -0.4 is 10.6 Å². The van der Waals surface area contributed by atoms with Crippen molar-refractivity contribution in [3.63, 3.8) is 0 Å². The van der Waals surface area contributed by atoms with Crippen LogP contribution in [0.5, 0.6) is 0 Å². The van der Waals surface area contributed by atoms with Crippen molar-refractivity contribution in [1.82, 2.24) is 4.57 Å². The number of hydrogen-bond acceptors (Lipinski definition) is 4. The Bertz CT molecular complexity index is 1550. The third kappa shape index (κ3) is 5.60. The van der Waals surface area contributed by atoms with Gasteiger partial charge in [-0.3, -0.25) is 9.59 Å². The molecular weight excluding hydrogens is 480 g/mol. The lowest BCUT2D eigenvalue weighted by molar-refractivity contribution is -0.116. The van der Waals surface area contributed by atoms with Crippen LogP contribution in [0.2, 0.25) is 5.02 Å². The van der Waals surface area contributed by atoms with Gasteiger partial charge in [0, 0.05) is 39.1 Å². The summed E-state index contributed by atoms with van der Waals surface area (Å²) in [5, 5.41) is 25.5. The zero-order valence-corrected chi connectivity index (χ0v) is 19.5. The van der Waals surface area contributed by atoms with Gasteiger partial charge >= 0.3 is 5.97 Å². The second-order valence-corrected chi connectivity index (χ2v) is 8.23. The predicted molar refractivity (Wildman–Crippen MR) is 138 cm³/mol. The number of benzene rings is 3. The maximum atomic E-state index is 12.7. The van der Waals surface area contributed by atoms with Gasteiger partial charge in [-0.05, 0) is 54.6 Å². The maximum absolute atomic E-state index is 12.7.